The predicted octanol–water partition coefficient (Wildman–Crippen LogP) is 1.04. The van der Waals surface area contributed by atoms with E-state index in [0.717, 1.165) is 25.0 Å². The number of nitrogens with zero attached hydrogens (tertiary/aromatic N) is 2. The van der Waals surface area contributed by atoms with Gasteiger partial charge in [0.1, 0.15) is 0 Å². The van der Waals surface area contributed by atoms with Gasteiger partial charge in [-0.15, -0.1) is 0 Å². The lowest BCUT2D eigenvalue weighted by atomic mass is 10.3. The number of amides is 2. The molecule has 0 saturated carbocycles. The second kappa shape index (κ2) is 8.91. The lowest BCUT2D eigenvalue weighted by molar-refractivity contribution is 0.253. The third-order valence-electron chi connectivity index (χ3n) is 2.42. The van der Waals surface area contributed by atoms with Gasteiger partial charge in [0.2, 0.25) is 0 Å². The number of pyridine rings is 1. The molecule has 1 heterocycles. The number of hydrogen-bond donors (Lipinski definition) is 3. The fourth-order valence-corrected chi connectivity index (χ4v) is 1.46. The van der Waals surface area contributed by atoms with E-state index in [9.17, 15) is 4.79 Å². The molecule has 19 heavy (non-hydrogen) atoms. The van der Waals surface area contributed by atoms with Crippen molar-refractivity contribution >= 4 is 12.0 Å². The summed E-state index contributed by atoms with van der Waals surface area (Å²) in [6.07, 6.45) is 4.55. The summed E-state index contributed by atoms with van der Waals surface area (Å²) in [4.78, 5) is 19.3. The lowest BCUT2D eigenvalue weighted by Gasteiger charge is -2.09. The summed E-state index contributed by atoms with van der Waals surface area (Å²) in [5.74, 6) is 0.428. The minimum atomic E-state index is -0.611. The maximum Gasteiger partial charge on any atom is 0.318 e. The van der Waals surface area contributed by atoms with Crippen LogP contribution in [-0.4, -0.2) is 30.1 Å². The molecule has 4 N–H and O–H groups in total. The molecule has 0 spiro atoms. The third kappa shape index (κ3) is 7.03. The molecule has 0 fully saturated rings. The first-order chi connectivity index (χ1) is 9.22. The number of carbonyl (C=O) groups excluding carboxylic acids is 1. The van der Waals surface area contributed by atoms with Gasteiger partial charge in [-0.3, -0.25) is 15.3 Å². The third-order valence-corrected chi connectivity index (χ3v) is 2.42. The van der Waals surface area contributed by atoms with Gasteiger partial charge in [-0.25, -0.2) is 4.79 Å². The number of nitrogens with two attached hydrogens (primary N) is 1. The minimum absolute atomic E-state index is 0.428. The van der Waals surface area contributed by atoms with Gasteiger partial charge in [0.25, 0.3) is 0 Å². The van der Waals surface area contributed by atoms with E-state index in [1.807, 2.05) is 18.2 Å². The molecule has 2 amide bonds. The van der Waals surface area contributed by atoms with Crippen LogP contribution in [0.2, 0.25) is 0 Å². The molecule has 6 heteroatoms. The van der Waals surface area contributed by atoms with Crippen molar-refractivity contribution in [2.75, 3.05) is 13.1 Å². The zero-order chi connectivity index (χ0) is 13.9. The Kier molecular flexibility index (Phi) is 7.01. The Morgan fingerprint density at radius 2 is 2.32 bits per heavy atom. The van der Waals surface area contributed by atoms with Crippen LogP contribution in [0, 0.1) is 0 Å². The molecule has 0 atom stereocenters. The molecular weight excluding hydrogens is 242 g/mol. The Hall–Kier alpha value is -2.11. The first kappa shape index (κ1) is 14.9. The van der Waals surface area contributed by atoms with Gasteiger partial charge in [-0.05, 0) is 18.6 Å². The summed E-state index contributed by atoms with van der Waals surface area (Å²) in [6, 6.07) is 5.17. The van der Waals surface area contributed by atoms with Crippen LogP contribution >= 0.6 is 0 Å². The van der Waals surface area contributed by atoms with Crippen LogP contribution < -0.4 is 16.4 Å². The normalized spacial score (nSPS) is 11.1. The Balaban J connectivity index is 2.39. The van der Waals surface area contributed by atoms with Gasteiger partial charge < -0.3 is 11.1 Å². The van der Waals surface area contributed by atoms with E-state index < -0.39 is 6.03 Å². The summed E-state index contributed by atoms with van der Waals surface area (Å²) < 4.78 is 0. The fraction of sp³-hybridized carbons (Fsp3) is 0.462. The van der Waals surface area contributed by atoms with Crippen LogP contribution in [0.25, 0.3) is 0 Å². The van der Waals surface area contributed by atoms with E-state index in [1.165, 1.54) is 0 Å². The van der Waals surface area contributed by atoms with Crippen LogP contribution in [-0.2, 0) is 6.42 Å². The van der Waals surface area contributed by atoms with Crippen LogP contribution in [0.5, 0.6) is 0 Å². The van der Waals surface area contributed by atoms with Crippen molar-refractivity contribution in [2.45, 2.75) is 26.2 Å². The number of guanidine groups is 1. The van der Waals surface area contributed by atoms with Crippen LogP contribution in [0.3, 0.4) is 0 Å². The van der Waals surface area contributed by atoms with E-state index in [2.05, 4.69) is 27.5 Å². The number of aromatic nitrogens is 1. The van der Waals surface area contributed by atoms with Crippen LogP contribution in [0.1, 0.15) is 25.5 Å². The molecule has 0 aromatic carbocycles. The van der Waals surface area contributed by atoms with Crippen molar-refractivity contribution in [3.05, 3.63) is 30.1 Å². The predicted molar refractivity (Wildman–Crippen MR) is 75.9 cm³/mol. The number of nitrogens with one attached hydrogen (secondary N) is 2. The van der Waals surface area contributed by atoms with E-state index in [0.29, 0.717) is 19.0 Å². The van der Waals surface area contributed by atoms with Crippen molar-refractivity contribution in [3.8, 4) is 0 Å². The van der Waals surface area contributed by atoms with E-state index in [1.54, 1.807) is 6.20 Å². The second-order valence-electron chi connectivity index (χ2n) is 4.07. The molecule has 0 saturated heterocycles. The molecule has 0 aliphatic carbocycles. The summed E-state index contributed by atoms with van der Waals surface area (Å²) in [5, 5.41) is 5.54. The number of aliphatic imine (C=N–C) groups is 1. The average Bonchev–Trinajstić information content (AvgIpc) is 2.39. The first-order valence-corrected chi connectivity index (χ1v) is 6.47. The van der Waals surface area contributed by atoms with E-state index in [4.69, 9.17) is 5.73 Å². The van der Waals surface area contributed by atoms with Crippen LogP contribution in [0.15, 0.2) is 29.4 Å². The maximum atomic E-state index is 10.9. The summed E-state index contributed by atoms with van der Waals surface area (Å²) in [6.45, 7) is 3.40. The smallest absolute Gasteiger partial charge is 0.318 e. The first-order valence-electron chi connectivity index (χ1n) is 6.47. The van der Waals surface area contributed by atoms with Gasteiger partial charge >= 0.3 is 6.03 Å². The molecule has 6 nitrogen and oxygen atoms in total. The molecule has 0 unspecified atom stereocenters. The molecular formula is C13H21N5O. The quantitative estimate of drug-likeness (QED) is 0.407. The molecule has 0 radical (unpaired) electrons. The van der Waals surface area contributed by atoms with Gasteiger partial charge in [0, 0.05) is 31.4 Å². The molecule has 0 bridgehead atoms. The number of hydrogen-bond acceptors (Lipinski definition) is 3. The van der Waals surface area contributed by atoms with E-state index >= 15 is 0 Å². The Bertz CT molecular complexity index is 405. The second-order valence-corrected chi connectivity index (χ2v) is 4.07. The zero-order valence-corrected chi connectivity index (χ0v) is 11.2. The molecule has 1 aromatic rings. The molecule has 0 aliphatic rings. The van der Waals surface area contributed by atoms with Crippen molar-refractivity contribution < 1.29 is 4.79 Å². The van der Waals surface area contributed by atoms with Crippen molar-refractivity contribution in [3.63, 3.8) is 0 Å². The number of rotatable bonds is 6. The highest BCUT2D eigenvalue weighted by atomic mass is 16.2. The largest absolute Gasteiger partial charge is 0.356 e. The average molecular weight is 263 g/mol. The van der Waals surface area contributed by atoms with Crippen LogP contribution in [0.4, 0.5) is 4.79 Å². The van der Waals surface area contributed by atoms with Crippen molar-refractivity contribution in [1.82, 2.24) is 15.6 Å². The molecule has 0 aliphatic heterocycles. The number of primary amides is 1. The molecule has 1 aromatic heterocycles. The van der Waals surface area contributed by atoms with Crippen molar-refractivity contribution in [1.29, 1.82) is 0 Å². The zero-order valence-electron chi connectivity index (χ0n) is 11.2. The van der Waals surface area contributed by atoms with Crippen molar-refractivity contribution in [2.24, 2.45) is 10.7 Å². The van der Waals surface area contributed by atoms with E-state index in [-0.39, 0.29) is 0 Å². The van der Waals surface area contributed by atoms with Gasteiger partial charge in [-0.2, -0.15) is 0 Å². The van der Waals surface area contributed by atoms with Gasteiger partial charge in [0.05, 0.1) is 0 Å². The van der Waals surface area contributed by atoms with Gasteiger partial charge in [-0.1, -0.05) is 19.4 Å². The lowest BCUT2D eigenvalue weighted by Crippen LogP contribution is -2.44. The minimum Gasteiger partial charge on any atom is -0.356 e. The number of unbranched alkanes of at least 4 members (excludes halogenated alkanes) is 1. The molecule has 104 valence electrons. The maximum absolute atomic E-state index is 10.9. The summed E-state index contributed by atoms with van der Waals surface area (Å²) in [7, 11) is 0. The Morgan fingerprint density at radius 3 is 2.95 bits per heavy atom. The summed E-state index contributed by atoms with van der Waals surface area (Å²) in [5.41, 5.74) is 6.09. The molecule has 1 rings (SSSR count). The Labute approximate surface area is 113 Å². The topological polar surface area (TPSA) is 92.4 Å². The summed E-state index contributed by atoms with van der Waals surface area (Å²) >= 11 is 0. The number of carbonyl (C=O) groups is 1. The highest BCUT2D eigenvalue weighted by Gasteiger charge is 2.01. The SMILES string of the molecule is CCCCN=C(NCCc1ccccn1)NC(N)=O. The standard InChI is InChI=1S/C13H21N5O/c1-2-3-8-16-13(18-12(14)19)17-10-7-11-6-4-5-9-15-11/h4-6,9H,2-3,7-8,10H2,1H3,(H4,14,16,17,18,19). The fourth-order valence-electron chi connectivity index (χ4n) is 1.46. The van der Waals surface area contributed by atoms with Gasteiger partial charge in [0.15, 0.2) is 5.96 Å². The Morgan fingerprint density at radius 1 is 1.47 bits per heavy atom. The highest BCUT2D eigenvalue weighted by molar-refractivity contribution is 5.95. The monoisotopic (exact) mass is 263 g/mol. The number of urea groups is 1. The highest BCUT2D eigenvalue weighted by Crippen LogP contribution is 1.93.